The number of nitrogens with one attached hydrogen (secondary N) is 1. The van der Waals surface area contributed by atoms with Crippen LogP contribution in [-0.2, 0) is 4.79 Å². The number of hydrogen-bond donors (Lipinski definition) is 1. The van der Waals surface area contributed by atoms with Crippen LogP contribution in [0.1, 0.15) is 16.7 Å². The van der Waals surface area contributed by atoms with Gasteiger partial charge in [-0.15, -0.1) is 0 Å². The largest absolute Gasteiger partial charge is 0.493 e. The predicted molar refractivity (Wildman–Crippen MR) is 156 cm³/mol. The predicted octanol–water partition coefficient (Wildman–Crippen LogP) is 6.44. The highest BCUT2D eigenvalue weighted by Gasteiger charge is 2.36. The highest BCUT2D eigenvalue weighted by Crippen LogP contribution is 2.38. The van der Waals surface area contributed by atoms with E-state index in [1.165, 1.54) is 30.0 Å². The highest BCUT2D eigenvalue weighted by atomic mass is 35.5. The van der Waals surface area contributed by atoms with Gasteiger partial charge < -0.3 is 14.2 Å². The molecule has 0 unspecified atom stereocenters. The van der Waals surface area contributed by atoms with Crippen LogP contribution in [0.3, 0.4) is 0 Å². The zero-order chi connectivity index (χ0) is 27.5. The molecule has 11 heteroatoms. The van der Waals surface area contributed by atoms with Crippen molar-refractivity contribution in [1.82, 2.24) is 5.01 Å². The molecule has 0 radical (unpaired) electrons. The Morgan fingerprint density at radius 3 is 2.51 bits per heavy atom. The summed E-state index contributed by atoms with van der Waals surface area (Å²) >= 11 is 14.0. The summed E-state index contributed by atoms with van der Waals surface area (Å²) in [5.74, 6) is 0.805. The quantitative estimate of drug-likeness (QED) is 0.243. The van der Waals surface area contributed by atoms with E-state index in [1.54, 1.807) is 18.2 Å². The van der Waals surface area contributed by atoms with Gasteiger partial charge in [0.25, 0.3) is 5.91 Å². The van der Waals surface area contributed by atoms with Gasteiger partial charge in [-0.2, -0.15) is 15.1 Å². The number of hydrazone groups is 1. The van der Waals surface area contributed by atoms with E-state index >= 15 is 0 Å². The van der Waals surface area contributed by atoms with Crippen molar-refractivity contribution in [1.29, 1.82) is 5.41 Å². The second-order valence-electron chi connectivity index (χ2n) is 8.45. The number of aliphatic imine (C=N–C) groups is 1. The minimum absolute atomic E-state index is 0.0572. The van der Waals surface area contributed by atoms with Crippen LogP contribution in [0.2, 0.25) is 10.0 Å². The number of carbonyl (C=O) groups is 1. The zero-order valence-electron chi connectivity index (χ0n) is 20.9. The SMILES string of the molecule is COc1cc(C=C2C(=N)N3N=C(c4ccccc4Cl)SC3=NC2=O)cc(Cl)c1OCCOc1ccc(C)cc1. The standard InChI is InChI=1S/C28H22Cl2N4O4S/c1-16-7-9-18(10-8-16)37-11-12-38-24-22(30)14-17(15-23(24)36-2)13-20-25(31)34-28(32-26(20)35)39-27(33-34)19-5-3-4-6-21(19)29/h3-10,13-15,31H,11-12H2,1-2H3. The smallest absolute Gasteiger partial charge is 0.283 e. The molecule has 2 aliphatic heterocycles. The lowest BCUT2D eigenvalue weighted by atomic mass is 10.1. The summed E-state index contributed by atoms with van der Waals surface area (Å²) in [7, 11) is 1.50. The van der Waals surface area contributed by atoms with E-state index in [2.05, 4.69) is 10.1 Å². The van der Waals surface area contributed by atoms with Crippen molar-refractivity contribution in [3.63, 3.8) is 0 Å². The first-order valence-electron chi connectivity index (χ1n) is 11.8. The fourth-order valence-corrected chi connectivity index (χ4v) is 5.29. The van der Waals surface area contributed by atoms with E-state index in [0.29, 0.717) is 44.5 Å². The van der Waals surface area contributed by atoms with Crippen molar-refractivity contribution in [3.05, 3.63) is 93.0 Å². The molecule has 198 valence electrons. The topological polar surface area (TPSA) is 96.6 Å². The number of ether oxygens (including phenoxy) is 3. The third-order valence-electron chi connectivity index (χ3n) is 5.74. The second-order valence-corrected chi connectivity index (χ2v) is 10.2. The van der Waals surface area contributed by atoms with Gasteiger partial charge in [0.1, 0.15) is 24.0 Å². The molecule has 3 aromatic rings. The van der Waals surface area contributed by atoms with Gasteiger partial charge in [-0.05, 0) is 60.7 Å². The van der Waals surface area contributed by atoms with Crippen LogP contribution in [0.5, 0.6) is 17.2 Å². The summed E-state index contributed by atoms with van der Waals surface area (Å²) in [5, 5.41) is 16.1. The Bertz CT molecular complexity index is 1550. The van der Waals surface area contributed by atoms with Crippen molar-refractivity contribution in [2.75, 3.05) is 20.3 Å². The number of amides is 1. The molecule has 1 N–H and O–H groups in total. The number of fused-ring (bicyclic) bond motifs is 1. The van der Waals surface area contributed by atoms with Crippen LogP contribution in [0.15, 0.2) is 76.3 Å². The maximum absolute atomic E-state index is 12.9. The van der Waals surface area contributed by atoms with Gasteiger partial charge in [-0.1, -0.05) is 59.1 Å². The molecule has 0 spiro atoms. The molecular formula is C28H22Cl2N4O4S. The average molecular weight is 581 g/mol. The van der Waals surface area contributed by atoms with E-state index in [9.17, 15) is 4.79 Å². The molecule has 0 fully saturated rings. The van der Waals surface area contributed by atoms with Crippen LogP contribution < -0.4 is 14.2 Å². The summed E-state index contributed by atoms with van der Waals surface area (Å²) in [6, 6.07) is 18.3. The molecule has 0 saturated carbocycles. The lowest BCUT2D eigenvalue weighted by molar-refractivity contribution is -0.114. The van der Waals surface area contributed by atoms with Crippen molar-refractivity contribution in [2.45, 2.75) is 6.92 Å². The number of nitrogens with zero attached hydrogens (tertiary/aromatic N) is 3. The summed E-state index contributed by atoms with van der Waals surface area (Å²) in [6.45, 7) is 2.56. The molecule has 2 heterocycles. The molecule has 39 heavy (non-hydrogen) atoms. The van der Waals surface area contributed by atoms with Gasteiger partial charge >= 0.3 is 0 Å². The van der Waals surface area contributed by atoms with Gasteiger partial charge in [0.2, 0.25) is 5.17 Å². The molecule has 3 aromatic carbocycles. The van der Waals surface area contributed by atoms with Crippen LogP contribution in [-0.4, -0.2) is 47.3 Å². The number of hydrogen-bond acceptors (Lipinski definition) is 7. The van der Waals surface area contributed by atoms with Gasteiger partial charge in [0.15, 0.2) is 17.3 Å². The van der Waals surface area contributed by atoms with Crippen molar-refractivity contribution in [2.24, 2.45) is 10.1 Å². The third kappa shape index (κ3) is 5.80. The molecule has 0 aliphatic carbocycles. The summed E-state index contributed by atoms with van der Waals surface area (Å²) in [6.07, 6.45) is 1.53. The van der Waals surface area contributed by atoms with Crippen LogP contribution in [0, 0.1) is 12.3 Å². The second kappa shape index (κ2) is 11.5. The Hall–Kier alpha value is -3.79. The molecule has 2 aliphatic rings. The minimum Gasteiger partial charge on any atom is -0.493 e. The van der Waals surface area contributed by atoms with E-state index in [0.717, 1.165) is 11.3 Å². The number of carbonyl (C=O) groups excluding carboxylic acids is 1. The lowest BCUT2D eigenvalue weighted by Crippen LogP contribution is -2.35. The summed E-state index contributed by atoms with van der Waals surface area (Å²) in [5.41, 5.74) is 2.44. The van der Waals surface area contributed by atoms with Gasteiger partial charge in [-0.3, -0.25) is 10.2 Å². The van der Waals surface area contributed by atoms with E-state index < -0.39 is 5.91 Å². The van der Waals surface area contributed by atoms with Crippen LogP contribution in [0.4, 0.5) is 0 Å². The van der Waals surface area contributed by atoms with E-state index in [4.69, 9.17) is 42.8 Å². The third-order valence-corrected chi connectivity index (χ3v) is 7.29. The molecule has 0 atom stereocenters. The van der Waals surface area contributed by atoms with Crippen LogP contribution in [0.25, 0.3) is 6.08 Å². The minimum atomic E-state index is -0.557. The Morgan fingerprint density at radius 2 is 1.77 bits per heavy atom. The maximum Gasteiger partial charge on any atom is 0.283 e. The Labute approximate surface area is 239 Å². The molecule has 8 nitrogen and oxygen atoms in total. The number of benzene rings is 3. The molecule has 0 saturated heterocycles. The number of halogens is 2. The Balaban J connectivity index is 1.33. The Morgan fingerprint density at radius 1 is 1.03 bits per heavy atom. The lowest BCUT2D eigenvalue weighted by Gasteiger charge is -2.20. The zero-order valence-corrected chi connectivity index (χ0v) is 23.2. The van der Waals surface area contributed by atoms with E-state index in [1.807, 2.05) is 49.4 Å². The fraction of sp³-hybridized carbons (Fsp3) is 0.143. The number of amidine groups is 2. The summed E-state index contributed by atoms with van der Waals surface area (Å²) in [4.78, 5) is 17.0. The monoisotopic (exact) mass is 580 g/mol. The number of methoxy groups -OCH3 is 1. The van der Waals surface area contributed by atoms with E-state index in [-0.39, 0.29) is 23.0 Å². The molecule has 5 rings (SSSR count). The van der Waals surface area contributed by atoms with Crippen molar-refractivity contribution >= 4 is 63.0 Å². The fourth-order valence-electron chi connectivity index (χ4n) is 3.80. The van der Waals surface area contributed by atoms with Crippen molar-refractivity contribution < 1.29 is 19.0 Å². The van der Waals surface area contributed by atoms with Gasteiger partial charge in [0.05, 0.1) is 22.7 Å². The molecular weight excluding hydrogens is 559 g/mol. The number of aryl methyl sites for hydroxylation is 1. The normalized spacial score (nSPS) is 15.7. The molecule has 1 amide bonds. The molecule has 0 aromatic heterocycles. The Kier molecular flexibility index (Phi) is 7.92. The first kappa shape index (κ1) is 26.8. The first-order valence-corrected chi connectivity index (χ1v) is 13.4. The number of rotatable bonds is 8. The highest BCUT2D eigenvalue weighted by molar-refractivity contribution is 8.27. The van der Waals surface area contributed by atoms with Gasteiger partial charge in [-0.25, -0.2) is 0 Å². The van der Waals surface area contributed by atoms with Crippen molar-refractivity contribution in [3.8, 4) is 17.2 Å². The van der Waals surface area contributed by atoms with Crippen LogP contribution >= 0.6 is 35.0 Å². The summed E-state index contributed by atoms with van der Waals surface area (Å²) < 4.78 is 17.0. The van der Waals surface area contributed by atoms with Gasteiger partial charge in [0, 0.05) is 5.56 Å². The maximum atomic E-state index is 12.9. The molecule has 0 bridgehead atoms. The first-order chi connectivity index (χ1) is 18.8. The number of thioether (sulfide) groups is 1. The average Bonchev–Trinajstić information content (AvgIpc) is 3.34.